The van der Waals surface area contributed by atoms with Crippen LogP contribution in [0.25, 0.3) is 0 Å². The van der Waals surface area contributed by atoms with Crippen molar-refractivity contribution in [3.8, 4) is 0 Å². The molecule has 0 aliphatic rings. The van der Waals surface area contributed by atoms with E-state index in [0.29, 0.717) is 6.42 Å². The second kappa shape index (κ2) is 6.28. The summed E-state index contributed by atoms with van der Waals surface area (Å²) in [4.78, 5) is 11.4. The first-order valence-corrected chi connectivity index (χ1v) is 5.81. The van der Waals surface area contributed by atoms with Gasteiger partial charge in [0, 0.05) is 18.2 Å². The van der Waals surface area contributed by atoms with Gasteiger partial charge >= 0.3 is 0 Å². The fraction of sp³-hybridized carbons (Fsp3) is 0.462. The predicted octanol–water partition coefficient (Wildman–Crippen LogP) is 2.71. The van der Waals surface area contributed by atoms with E-state index in [9.17, 15) is 4.79 Å². The number of anilines is 1. The first-order chi connectivity index (χ1) is 7.69. The smallest absolute Gasteiger partial charge is 0.224 e. The van der Waals surface area contributed by atoms with Crippen LogP contribution in [0.3, 0.4) is 0 Å². The Balaban J connectivity index is 2.86. The Hall–Kier alpha value is -1.35. The molecule has 0 heterocycles. The van der Waals surface area contributed by atoms with Gasteiger partial charge in [0.15, 0.2) is 0 Å². The summed E-state index contributed by atoms with van der Waals surface area (Å²) in [5.74, 6) is 0.0520. The number of hydrogen-bond donors (Lipinski definition) is 2. The van der Waals surface area contributed by atoms with E-state index in [1.807, 2.05) is 31.2 Å². The van der Waals surface area contributed by atoms with Gasteiger partial charge in [-0.15, -0.1) is 0 Å². The van der Waals surface area contributed by atoms with Crippen LogP contribution in [0.4, 0.5) is 5.69 Å². The van der Waals surface area contributed by atoms with Gasteiger partial charge in [-0.05, 0) is 25.1 Å². The lowest BCUT2D eigenvalue weighted by molar-refractivity contribution is -0.115. The van der Waals surface area contributed by atoms with E-state index >= 15 is 0 Å². The van der Waals surface area contributed by atoms with Crippen LogP contribution in [-0.4, -0.2) is 12.5 Å². The molecule has 0 aliphatic heterocycles. The average molecular weight is 220 g/mol. The Morgan fingerprint density at radius 2 is 2.00 bits per heavy atom. The molecule has 0 saturated heterocycles. The minimum atomic E-state index is 0.0520. The average Bonchev–Trinajstić information content (AvgIpc) is 2.30. The van der Waals surface area contributed by atoms with Crippen molar-refractivity contribution >= 4 is 11.6 Å². The van der Waals surface area contributed by atoms with Gasteiger partial charge in [0.05, 0.1) is 0 Å². The lowest BCUT2D eigenvalue weighted by Crippen LogP contribution is -2.20. The number of amides is 1. The molecule has 0 fully saturated rings. The van der Waals surface area contributed by atoms with E-state index in [-0.39, 0.29) is 11.9 Å². The van der Waals surface area contributed by atoms with Gasteiger partial charge in [-0.3, -0.25) is 4.79 Å². The highest BCUT2D eigenvalue weighted by Gasteiger charge is 2.10. The fourth-order valence-corrected chi connectivity index (χ4v) is 1.64. The van der Waals surface area contributed by atoms with Crippen molar-refractivity contribution in [3.05, 3.63) is 29.8 Å². The fourth-order valence-electron chi connectivity index (χ4n) is 1.64. The van der Waals surface area contributed by atoms with Crippen LogP contribution in [0.5, 0.6) is 0 Å². The molecule has 0 aliphatic carbocycles. The molecule has 3 heteroatoms. The number of carbonyl (C=O) groups excluding carboxylic acids is 1. The molecular formula is C13H20N2O. The van der Waals surface area contributed by atoms with Crippen molar-refractivity contribution in [3.63, 3.8) is 0 Å². The van der Waals surface area contributed by atoms with E-state index in [1.165, 1.54) is 0 Å². The zero-order valence-corrected chi connectivity index (χ0v) is 10.2. The van der Waals surface area contributed by atoms with Crippen LogP contribution >= 0.6 is 0 Å². The Bertz CT molecular complexity index is 350. The second-order valence-electron chi connectivity index (χ2n) is 3.77. The van der Waals surface area contributed by atoms with E-state index in [1.54, 1.807) is 0 Å². The lowest BCUT2D eigenvalue weighted by atomic mass is 10.1. The summed E-state index contributed by atoms with van der Waals surface area (Å²) in [6.45, 7) is 6.94. The SMILES string of the molecule is CCNC(C)c1ccccc1NC(=O)CC. The highest BCUT2D eigenvalue weighted by molar-refractivity contribution is 5.91. The summed E-state index contributed by atoms with van der Waals surface area (Å²) in [7, 11) is 0. The molecule has 1 aromatic rings. The van der Waals surface area contributed by atoms with Crippen molar-refractivity contribution < 1.29 is 4.79 Å². The van der Waals surface area contributed by atoms with Crippen molar-refractivity contribution in [2.75, 3.05) is 11.9 Å². The number of nitrogens with one attached hydrogen (secondary N) is 2. The molecular weight excluding hydrogens is 200 g/mol. The number of para-hydroxylation sites is 1. The van der Waals surface area contributed by atoms with E-state index < -0.39 is 0 Å². The summed E-state index contributed by atoms with van der Waals surface area (Å²) in [6, 6.07) is 8.16. The summed E-state index contributed by atoms with van der Waals surface area (Å²) < 4.78 is 0. The van der Waals surface area contributed by atoms with Gasteiger partial charge in [0.2, 0.25) is 5.91 Å². The third-order valence-corrected chi connectivity index (χ3v) is 2.53. The van der Waals surface area contributed by atoms with E-state index in [0.717, 1.165) is 17.8 Å². The Labute approximate surface area is 97.2 Å². The van der Waals surface area contributed by atoms with Gasteiger partial charge in [-0.1, -0.05) is 32.0 Å². The van der Waals surface area contributed by atoms with Gasteiger partial charge in [-0.2, -0.15) is 0 Å². The number of rotatable bonds is 5. The summed E-state index contributed by atoms with van der Waals surface area (Å²) in [5.41, 5.74) is 2.04. The summed E-state index contributed by atoms with van der Waals surface area (Å²) >= 11 is 0. The summed E-state index contributed by atoms with van der Waals surface area (Å²) in [5, 5.41) is 6.26. The van der Waals surface area contributed by atoms with Crippen LogP contribution in [0.15, 0.2) is 24.3 Å². The maximum atomic E-state index is 11.4. The molecule has 2 N–H and O–H groups in total. The first-order valence-electron chi connectivity index (χ1n) is 5.81. The maximum Gasteiger partial charge on any atom is 0.224 e. The molecule has 0 spiro atoms. The molecule has 1 amide bonds. The minimum absolute atomic E-state index is 0.0520. The predicted molar refractivity (Wildman–Crippen MR) is 67.5 cm³/mol. The monoisotopic (exact) mass is 220 g/mol. The number of benzene rings is 1. The Kier molecular flexibility index (Phi) is 4.99. The highest BCUT2D eigenvalue weighted by Crippen LogP contribution is 2.22. The first kappa shape index (κ1) is 12.7. The topological polar surface area (TPSA) is 41.1 Å². The van der Waals surface area contributed by atoms with Crippen LogP contribution in [-0.2, 0) is 4.79 Å². The third kappa shape index (κ3) is 3.35. The zero-order valence-electron chi connectivity index (χ0n) is 10.2. The second-order valence-corrected chi connectivity index (χ2v) is 3.77. The van der Waals surface area contributed by atoms with Crippen LogP contribution in [0, 0.1) is 0 Å². The van der Waals surface area contributed by atoms with Gasteiger partial charge in [-0.25, -0.2) is 0 Å². The number of carbonyl (C=O) groups is 1. The van der Waals surface area contributed by atoms with Crippen molar-refractivity contribution in [2.24, 2.45) is 0 Å². The standard InChI is InChI=1S/C13H20N2O/c1-4-13(16)15-12-9-7-6-8-11(12)10(3)14-5-2/h6-10,14H,4-5H2,1-3H3,(H,15,16). The van der Waals surface area contributed by atoms with Crippen LogP contribution in [0.1, 0.15) is 38.8 Å². The largest absolute Gasteiger partial charge is 0.326 e. The molecule has 0 saturated carbocycles. The van der Waals surface area contributed by atoms with Gasteiger partial charge in [0.25, 0.3) is 0 Å². The molecule has 88 valence electrons. The molecule has 1 rings (SSSR count). The third-order valence-electron chi connectivity index (χ3n) is 2.53. The van der Waals surface area contributed by atoms with E-state index in [2.05, 4.69) is 24.5 Å². The summed E-state index contributed by atoms with van der Waals surface area (Å²) in [6.07, 6.45) is 0.504. The highest BCUT2D eigenvalue weighted by atomic mass is 16.1. The van der Waals surface area contributed by atoms with Crippen molar-refractivity contribution in [1.82, 2.24) is 5.32 Å². The lowest BCUT2D eigenvalue weighted by Gasteiger charge is -2.17. The molecule has 0 bridgehead atoms. The van der Waals surface area contributed by atoms with Crippen molar-refractivity contribution in [2.45, 2.75) is 33.2 Å². The normalized spacial score (nSPS) is 12.2. The minimum Gasteiger partial charge on any atom is -0.326 e. The molecule has 1 aromatic carbocycles. The number of hydrogen-bond acceptors (Lipinski definition) is 2. The van der Waals surface area contributed by atoms with E-state index in [4.69, 9.17) is 0 Å². The molecule has 0 aromatic heterocycles. The van der Waals surface area contributed by atoms with Gasteiger partial charge < -0.3 is 10.6 Å². The molecule has 16 heavy (non-hydrogen) atoms. The molecule has 3 nitrogen and oxygen atoms in total. The van der Waals surface area contributed by atoms with Crippen molar-refractivity contribution in [1.29, 1.82) is 0 Å². The van der Waals surface area contributed by atoms with Crippen LogP contribution in [0.2, 0.25) is 0 Å². The zero-order chi connectivity index (χ0) is 12.0. The van der Waals surface area contributed by atoms with Gasteiger partial charge in [0.1, 0.15) is 0 Å². The molecule has 1 atom stereocenters. The Morgan fingerprint density at radius 3 is 2.62 bits per heavy atom. The molecule has 0 radical (unpaired) electrons. The Morgan fingerprint density at radius 1 is 1.31 bits per heavy atom. The molecule has 1 unspecified atom stereocenters. The quantitative estimate of drug-likeness (QED) is 0.801. The van der Waals surface area contributed by atoms with Crippen LogP contribution < -0.4 is 10.6 Å². The maximum absolute atomic E-state index is 11.4.